The van der Waals surface area contributed by atoms with Crippen LogP contribution in [0.1, 0.15) is 28.6 Å². The first-order valence-corrected chi connectivity index (χ1v) is 8.10. The minimum absolute atomic E-state index is 0.601. The second kappa shape index (κ2) is 7.81. The second-order valence-electron chi connectivity index (χ2n) is 5.76. The van der Waals surface area contributed by atoms with Crippen molar-refractivity contribution in [2.24, 2.45) is 0 Å². The molecular formula is C21H21NO3. The molecule has 0 saturated carbocycles. The lowest BCUT2D eigenvalue weighted by Gasteiger charge is -2.14. The first-order valence-electron chi connectivity index (χ1n) is 8.10. The number of nitrogens with zero attached hydrogens (tertiary/aromatic N) is 1. The average Bonchev–Trinajstić information content (AvgIpc) is 2.68. The molecule has 0 spiro atoms. The molecule has 0 saturated heterocycles. The number of hydrogen-bond donors (Lipinski definition) is 1. The van der Waals surface area contributed by atoms with Crippen LogP contribution in [0.25, 0.3) is 0 Å². The van der Waals surface area contributed by atoms with Crippen molar-refractivity contribution in [3.8, 4) is 11.5 Å². The normalized spacial score (nSPS) is 11.8. The van der Waals surface area contributed by atoms with Crippen LogP contribution in [0.5, 0.6) is 11.5 Å². The van der Waals surface area contributed by atoms with Gasteiger partial charge in [-0.05, 0) is 35.4 Å². The van der Waals surface area contributed by atoms with Gasteiger partial charge in [0.15, 0.2) is 0 Å². The van der Waals surface area contributed by atoms with Gasteiger partial charge in [-0.15, -0.1) is 0 Å². The van der Waals surface area contributed by atoms with Crippen molar-refractivity contribution in [1.82, 2.24) is 4.98 Å². The van der Waals surface area contributed by atoms with Crippen molar-refractivity contribution in [3.05, 3.63) is 89.2 Å². The van der Waals surface area contributed by atoms with Crippen LogP contribution in [0.15, 0.2) is 66.7 Å². The summed E-state index contributed by atoms with van der Waals surface area (Å²) < 4.78 is 10.5. The smallest absolute Gasteiger partial charge is 0.122 e. The first kappa shape index (κ1) is 17.0. The van der Waals surface area contributed by atoms with E-state index in [4.69, 9.17) is 9.47 Å². The van der Waals surface area contributed by atoms with E-state index < -0.39 is 6.10 Å². The number of pyridine rings is 1. The molecule has 0 aliphatic heterocycles. The summed E-state index contributed by atoms with van der Waals surface area (Å²) in [4.78, 5) is 4.62. The fourth-order valence-corrected chi connectivity index (χ4v) is 2.71. The highest BCUT2D eigenvalue weighted by atomic mass is 16.5. The molecule has 25 heavy (non-hydrogen) atoms. The number of ether oxygens (including phenoxy) is 2. The maximum absolute atomic E-state index is 10.7. The predicted octanol–water partition coefficient (Wildman–Crippen LogP) is 3.77. The lowest BCUT2D eigenvalue weighted by Crippen LogP contribution is -2.05. The fraction of sp³-hybridized carbons (Fsp3) is 0.190. The zero-order valence-electron chi connectivity index (χ0n) is 14.3. The molecule has 3 rings (SSSR count). The van der Waals surface area contributed by atoms with E-state index >= 15 is 0 Å². The van der Waals surface area contributed by atoms with Gasteiger partial charge in [-0.1, -0.05) is 36.4 Å². The Balaban J connectivity index is 1.87. The molecule has 1 aromatic heterocycles. The van der Waals surface area contributed by atoms with Crippen LogP contribution in [0.3, 0.4) is 0 Å². The second-order valence-corrected chi connectivity index (χ2v) is 5.76. The summed E-state index contributed by atoms with van der Waals surface area (Å²) in [6, 6.07) is 21.2. The van der Waals surface area contributed by atoms with Crippen LogP contribution < -0.4 is 9.47 Å². The van der Waals surface area contributed by atoms with Crippen LogP contribution >= 0.6 is 0 Å². The molecule has 0 fully saturated rings. The van der Waals surface area contributed by atoms with Crippen molar-refractivity contribution in [3.63, 3.8) is 0 Å². The molecular weight excluding hydrogens is 314 g/mol. The molecule has 1 N–H and O–H groups in total. The molecule has 4 heteroatoms. The predicted molar refractivity (Wildman–Crippen MR) is 97.1 cm³/mol. The van der Waals surface area contributed by atoms with Gasteiger partial charge in [-0.25, -0.2) is 0 Å². The van der Waals surface area contributed by atoms with Gasteiger partial charge in [-0.2, -0.15) is 0 Å². The topological polar surface area (TPSA) is 51.6 Å². The summed E-state index contributed by atoms with van der Waals surface area (Å²) in [7, 11) is 3.17. The van der Waals surface area contributed by atoms with Crippen LogP contribution in [0.2, 0.25) is 0 Å². The summed E-state index contributed by atoms with van der Waals surface area (Å²) >= 11 is 0. The third-order valence-corrected chi connectivity index (χ3v) is 4.03. The van der Waals surface area contributed by atoms with Gasteiger partial charge in [0.05, 0.1) is 19.9 Å². The standard InChI is InChI=1S/C21H21NO3/c1-24-18-12-16(13-19(14-18)25-2)21(23)20-10-6-9-17(22-20)11-15-7-4-3-5-8-15/h3-10,12-14,21,23H,11H2,1-2H3. The van der Waals surface area contributed by atoms with Gasteiger partial charge < -0.3 is 14.6 Å². The van der Waals surface area contributed by atoms with Crippen molar-refractivity contribution in [2.75, 3.05) is 14.2 Å². The third kappa shape index (κ3) is 4.17. The first-order chi connectivity index (χ1) is 12.2. The largest absolute Gasteiger partial charge is 0.497 e. The van der Waals surface area contributed by atoms with Crippen molar-refractivity contribution in [2.45, 2.75) is 12.5 Å². The summed E-state index contributed by atoms with van der Waals surface area (Å²) in [6.45, 7) is 0. The number of aliphatic hydroxyl groups excluding tert-OH is 1. The number of rotatable bonds is 6. The quantitative estimate of drug-likeness (QED) is 0.745. The Kier molecular flexibility index (Phi) is 5.31. The maximum Gasteiger partial charge on any atom is 0.122 e. The molecule has 0 aliphatic carbocycles. The zero-order valence-corrected chi connectivity index (χ0v) is 14.3. The lowest BCUT2D eigenvalue weighted by atomic mass is 10.0. The monoisotopic (exact) mass is 335 g/mol. The van der Waals surface area contributed by atoms with E-state index in [2.05, 4.69) is 17.1 Å². The average molecular weight is 335 g/mol. The Morgan fingerprint density at radius 1 is 0.880 bits per heavy atom. The van der Waals surface area contributed by atoms with Crippen LogP contribution in [0, 0.1) is 0 Å². The van der Waals surface area contributed by atoms with E-state index in [1.165, 1.54) is 5.56 Å². The Hall–Kier alpha value is -2.85. The highest BCUT2D eigenvalue weighted by molar-refractivity contribution is 5.41. The lowest BCUT2D eigenvalue weighted by molar-refractivity contribution is 0.214. The Bertz CT molecular complexity index is 811. The number of aromatic nitrogens is 1. The Morgan fingerprint density at radius 3 is 2.20 bits per heavy atom. The number of aliphatic hydroxyl groups is 1. The minimum Gasteiger partial charge on any atom is -0.497 e. The molecule has 3 aromatic rings. The molecule has 0 amide bonds. The SMILES string of the molecule is COc1cc(OC)cc(C(O)c2cccc(Cc3ccccc3)n2)c1. The van der Waals surface area contributed by atoms with Gasteiger partial charge in [0.25, 0.3) is 0 Å². The zero-order chi connectivity index (χ0) is 17.6. The van der Waals surface area contributed by atoms with Crippen molar-refractivity contribution >= 4 is 0 Å². The van der Waals surface area contributed by atoms with E-state index in [-0.39, 0.29) is 0 Å². The van der Waals surface area contributed by atoms with Crippen LogP contribution in [-0.2, 0) is 6.42 Å². The number of methoxy groups -OCH3 is 2. The Labute approximate surface area is 147 Å². The van der Waals surface area contributed by atoms with E-state index in [9.17, 15) is 5.11 Å². The third-order valence-electron chi connectivity index (χ3n) is 4.03. The van der Waals surface area contributed by atoms with Crippen molar-refractivity contribution < 1.29 is 14.6 Å². The maximum atomic E-state index is 10.7. The molecule has 0 aliphatic rings. The molecule has 1 atom stereocenters. The van der Waals surface area contributed by atoms with Gasteiger partial charge in [0.2, 0.25) is 0 Å². The molecule has 0 radical (unpaired) electrons. The molecule has 1 unspecified atom stereocenters. The van der Waals surface area contributed by atoms with E-state index in [0.29, 0.717) is 22.8 Å². The van der Waals surface area contributed by atoms with Crippen molar-refractivity contribution in [1.29, 1.82) is 0 Å². The molecule has 1 heterocycles. The van der Waals surface area contributed by atoms with Gasteiger partial charge in [0.1, 0.15) is 17.6 Å². The minimum atomic E-state index is -0.847. The summed E-state index contributed by atoms with van der Waals surface area (Å²) in [6.07, 6.45) is -0.122. The van der Waals surface area contributed by atoms with E-state index in [1.54, 1.807) is 32.4 Å². The molecule has 128 valence electrons. The molecule has 4 nitrogen and oxygen atoms in total. The molecule has 0 bridgehead atoms. The van der Waals surface area contributed by atoms with Gasteiger partial charge in [-0.3, -0.25) is 4.98 Å². The highest BCUT2D eigenvalue weighted by Crippen LogP contribution is 2.29. The van der Waals surface area contributed by atoms with Gasteiger partial charge in [0, 0.05) is 18.2 Å². The fourth-order valence-electron chi connectivity index (χ4n) is 2.71. The number of benzene rings is 2. The Morgan fingerprint density at radius 2 is 1.56 bits per heavy atom. The van der Waals surface area contributed by atoms with Gasteiger partial charge >= 0.3 is 0 Å². The summed E-state index contributed by atoms with van der Waals surface area (Å²) in [5, 5.41) is 10.7. The van der Waals surface area contributed by atoms with Crippen LogP contribution in [-0.4, -0.2) is 24.3 Å². The van der Waals surface area contributed by atoms with E-state index in [0.717, 1.165) is 12.1 Å². The number of hydrogen-bond acceptors (Lipinski definition) is 4. The summed E-state index contributed by atoms with van der Waals surface area (Å²) in [5.41, 5.74) is 3.38. The molecule has 2 aromatic carbocycles. The van der Waals surface area contributed by atoms with Crippen LogP contribution in [0.4, 0.5) is 0 Å². The highest BCUT2D eigenvalue weighted by Gasteiger charge is 2.15. The summed E-state index contributed by atoms with van der Waals surface area (Å²) in [5.74, 6) is 1.27. The van der Waals surface area contributed by atoms with E-state index in [1.807, 2.05) is 36.4 Å².